The van der Waals surface area contributed by atoms with Crippen LogP contribution in [0.25, 0.3) is 0 Å². The second-order valence-electron chi connectivity index (χ2n) is 8.63. The number of aromatic nitrogens is 2. The lowest BCUT2D eigenvalue weighted by Gasteiger charge is -2.41. The predicted octanol–water partition coefficient (Wildman–Crippen LogP) is 1.55. The Hall–Kier alpha value is -3.21. The molecule has 2 fully saturated rings. The molecule has 176 valence electrons. The highest BCUT2D eigenvalue weighted by Gasteiger charge is 2.44. The van der Waals surface area contributed by atoms with Crippen molar-refractivity contribution in [1.29, 1.82) is 0 Å². The van der Waals surface area contributed by atoms with Crippen molar-refractivity contribution >= 4 is 17.8 Å². The van der Waals surface area contributed by atoms with E-state index in [0.717, 1.165) is 18.9 Å². The molecule has 0 aliphatic carbocycles. The molecule has 2 aromatic rings. The van der Waals surface area contributed by atoms with Crippen LogP contribution in [0.3, 0.4) is 0 Å². The first-order valence-electron chi connectivity index (χ1n) is 10.8. The molecule has 2 bridgehead atoms. The topological polar surface area (TPSA) is 127 Å². The van der Waals surface area contributed by atoms with Crippen LogP contribution >= 0.6 is 0 Å². The quantitative estimate of drug-likeness (QED) is 0.559. The third-order valence-corrected chi connectivity index (χ3v) is 6.51. The minimum Gasteiger partial charge on any atom is -0.368 e. The number of benzene rings is 1. The van der Waals surface area contributed by atoms with Crippen molar-refractivity contribution in [3.8, 4) is 0 Å². The van der Waals surface area contributed by atoms with Crippen LogP contribution in [0.1, 0.15) is 41.7 Å². The molecular weight excluding hydrogens is 437 g/mol. The molecule has 2 saturated heterocycles. The molecule has 5 N–H and O–H groups in total. The molecule has 3 heterocycles. The largest absolute Gasteiger partial charge is 0.368 e. The highest BCUT2D eigenvalue weighted by Crippen LogP contribution is 2.40. The van der Waals surface area contributed by atoms with Gasteiger partial charge in [-0.15, -0.1) is 0 Å². The summed E-state index contributed by atoms with van der Waals surface area (Å²) in [7, 11) is 0. The monoisotopic (exact) mass is 462 g/mol. The number of hydrogen-bond donors (Lipinski definition) is 3. The van der Waals surface area contributed by atoms with E-state index < -0.39 is 29.4 Å². The van der Waals surface area contributed by atoms with Gasteiger partial charge >= 0.3 is 0 Å². The minimum atomic E-state index is -1.23. The lowest BCUT2D eigenvalue weighted by atomic mass is 9.82. The molecule has 1 unspecified atom stereocenters. The number of halogens is 3. The van der Waals surface area contributed by atoms with E-state index in [1.54, 1.807) is 4.90 Å². The summed E-state index contributed by atoms with van der Waals surface area (Å²) < 4.78 is 40.7. The molecular formula is C22H25F3N6O2. The van der Waals surface area contributed by atoms with E-state index in [1.807, 2.05) is 0 Å². The number of nitrogen functional groups attached to an aromatic ring is 1. The fourth-order valence-corrected chi connectivity index (χ4v) is 4.95. The summed E-state index contributed by atoms with van der Waals surface area (Å²) in [5, 5.41) is 2.57. The van der Waals surface area contributed by atoms with Crippen LogP contribution in [0.5, 0.6) is 0 Å². The van der Waals surface area contributed by atoms with E-state index in [2.05, 4.69) is 15.3 Å². The van der Waals surface area contributed by atoms with Gasteiger partial charge in [0.2, 0.25) is 11.9 Å². The van der Waals surface area contributed by atoms with Crippen LogP contribution in [-0.4, -0.2) is 51.4 Å². The lowest BCUT2D eigenvalue weighted by Crippen LogP contribution is -2.52. The first-order valence-corrected chi connectivity index (χ1v) is 10.8. The maximum Gasteiger partial charge on any atom is 0.270 e. The fraction of sp³-hybridized carbons (Fsp3) is 0.455. The minimum absolute atomic E-state index is 0.0117. The van der Waals surface area contributed by atoms with E-state index >= 15 is 0 Å². The number of carbonyl (C=O) groups is 2. The van der Waals surface area contributed by atoms with Gasteiger partial charge in [-0.2, -0.15) is 0 Å². The Kier molecular flexibility index (Phi) is 6.50. The van der Waals surface area contributed by atoms with Crippen LogP contribution in [0.15, 0.2) is 24.4 Å². The van der Waals surface area contributed by atoms with Gasteiger partial charge in [-0.1, -0.05) is 0 Å². The number of hydrogen-bond acceptors (Lipinski definition) is 6. The molecule has 8 nitrogen and oxygen atoms in total. The molecule has 1 aromatic heterocycles. The van der Waals surface area contributed by atoms with Gasteiger partial charge in [0.1, 0.15) is 11.5 Å². The van der Waals surface area contributed by atoms with Crippen molar-refractivity contribution in [3.05, 3.63) is 53.1 Å². The lowest BCUT2D eigenvalue weighted by molar-refractivity contribution is -0.135. The van der Waals surface area contributed by atoms with E-state index in [-0.39, 0.29) is 54.1 Å². The SMILES string of the molecule is Nc1nccc(C(=O)NCC(=O)N2[C@@H]3CC[C@H]2CC([C@H](N)Cc2cc(F)c(F)cc2F)C3)n1. The number of piperidine rings is 1. The van der Waals surface area contributed by atoms with E-state index in [4.69, 9.17) is 11.5 Å². The standard InChI is InChI=1S/C22H25F3N6O2/c23-15-9-17(25)16(24)7-11(15)8-18(26)12-5-13-1-2-14(6-12)31(13)20(32)10-29-21(33)19-3-4-28-22(27)30-19/h3-4,7,9,12-14,18H,1-2,5-6,8,10,26H2,(H,29,33)(H2,27,28,30)/t12?,13-,14+,18-/m1/s1. The van der Waals surface area contributed by atoms with E-state index in [9.17, 15) is 22.8 Å². The zero-order valence-corrected chi connectivity index (χ0v) is 17.8. The van der Waals surface area contributed by atoms with E-state index in [1.165, 1.54) is 12.3 Å². The van der Waals surface area contributed by atoms with Gasteiger partial charge in [0.05, 0.1) is 6.54 Å². The van der Waals surface area contributed by atoms with Crippen LogP contribution in [0.4, 0.5) is 19.1 Å². The molecule has 11 heteroatoms. The first-order chi connectivity index (χ1) is 15.7. The van der Waals surface area contributed by atoms with Crippen molar-refractivity contribution in [2.75, 3.05) is 12.3 Å². The summed E-state index contributed by atoms with van der Waals surface area (Å²) in [4.78, 5) is 34.4. The molecule has 2 aliphatic rings. The van der Waals surface area contributed by atoms with Gasteiger partial charge in [-0.05, 0) is 55.7 Å². The number of amides is 2. The highest BCUT2D eigenvalue weighted by molar-refractivity contribution is 5.95. The molecule has 1 aromatic carbocycles. The van der Waals surface area contributed by atoms with Crippen molar-refractivity contribution in [2.24, 2.45) is 11.7 Å². The van der Waals surface area contributed by atoms with E-state index in [0.29, 0.717) is 18.9 Å². The summed E-state index contributed by atoms with van der Waals surface area (Å²) in [6, 6.07) is 2.27. The van der Waals surface area contributed by atoms with Crippen LogP contribution in [-0.2, 0) is 11.2 Å². The van der Waals surface area contributed by atoms with Gasteiger partial charge in [-0.25, -0.2) is 23.1 Å². The average molecular weight is 462 g/mol. The number of fused-ring (bicyclic) bond motifs is 2. The zero-order chi connectivity index (χ0) is 23.7. The van der Waals surface area contributed by atoms with Gasteiger partial charge in [-0.3, -0.25) is 9.59 Å². The van der Waals surface area contributed by atoms with Gasteiger partial charge < -0.3 is 21.7 Å². The number of nitrogens with one attached hydrogen (secondary N) is 1. The third kappa shape index (κ3) is 4.92. The molecule has 4 atom stereocenters. The molecule has 0 saturated carbocycles. The third-order valence-electron chi connectivity index (χ3n) is 6.51. The summed E-state index contributed by atoms with van der Waals surface area (Å²) >= 11 is 0. The Bertz CT molecular complexity index is 1050. The van der Waals surface area contributed by atoms with Crippen molar-refractivity contribution < 1.29 is 22.8 Å². The van der Waals surface area contributed by atoms with Gasteiger partial charge in [0, 0.05) is 30.4 Å². The molecule has 2 amide bonds. The first kappa shape index (κ1) is 23.0. The number of nitrogens with zero attached hydrogens (tertiary/aromatic N) is 3. The van der Waals surface area contributed by atoms with Gasteiger partial charge in [0.15, 0.2) is 11.6 Å². The number of carbonyl (C=O) groups excluding carboxylic acids is 2. The van der Waals surface area contributed by atoms with Crippen molar-refractivity contribution in [1.82, 2.24) is 20.2 Å². The van der Waals surface area contributed by atoms with Crippen molar-refractivity contribution in [2.45, 2.75) is 50.2 Å². The molecule has 0 spiro atoms. The molecule has 2 aliphatic heterocycles. The van der Waals surface area contributed by atoms with Crippen LogP contribution < -0.4 is 16.8 Å². The number of rotatable bonds is 6. The van der Waals surface area contributed by atoms with Crippen molar-refractivity contribution in [3.63, 3.8) is 0 Å². The summed E-state index contributed by atoms with van der Waals surface area (Å²) in [5.41, 5.74) is 11.9. The normalized spacial score (nSPS) is 22.8. The summed E-state index contributed by atoms with van der Waals surface area (Å²) in [6.07, 6.45) is 4.33. The van der Waals surface area contributed by atoms with Gasteiger partial charge in [0.25, 0.3) is 5.91 Å². The Morgan fingerprint density at radius 3 is 2.45 bits per heavy atom. The fourth-order valence-electron chi connectivity index (χ4n) is 4.95. The number of anilines is 1. The molecule has 33 heavy (non-hydrogen) atoms. The zero-order valence-electron chi connectivity index (χ0n) is 17.8. The maximum absolute atomic E-state index is 14.0. The molecule has 4 rings (SSSR count). The molecule has 0 radical (unpaired) electrons. The Balaban J connectivity index is 1.34. The Labute approximate surface area is 188 Å². The average Bonchev–Trinajstić information content (AvgIpc) is 3.04. The Morgan fingerprint density at radius 2 is 1.79 bits per heavy atom. The summed E-state index contributed by atoms with van der Waals surface area (Å²) in [6.45, 7) is -0.174. The second-order valence-corrected chi connectivity index (χ2v) is 8.63. The second kappa shape index (κ2) is 9.34. The highest BCUT2D eigenvalue weighted by atomic mass is 19.2. The Morgan fingerprint density at radius 1 is 1.12 bits per heavy atom. The van der Waals surface area contributed by atoms with Crippen LogP contribution in [0.2, 0.25) is 0 Å². The predicted molar refractivity (Wildman–Crippen MR) is 113 cm³/mol. The number of nitrogens with two attached hydrogens (primary N) is 2. The summed E-state index contributed by atoms with van der Waals surface area (Å²) in [5.74, 6) is -3.89. The smallest absolute Gasteiger partial charge is 0.270 e. The maximum atomic E-state index is 14.0. The van der Waals surface area contributed by atoms with Crippen LogP contribution in [0, 0.1) is 23.4 Å².